The van der Waals surface area contributed by atoms with Crippen LogP contribution in [0.2, 0.25) is 0 Å². The third-order valence-electron chi connectivity index (χ3n) is 7.50. The average molecular weight is 580 g/mol. The van der Waals surface area contributed by atoms with Crippen molar-refractivity contribution >= 4 is 53.1 Å². The fourth-order valence-corrected chi connectivity index (χ4v) is 7.67. The van der Waals surface area contributed by atoms with E-state index in [9.17, 15) is 13.2 Å². The van der Waals surface area contributed by atoms with Crippen LogP contribution in [-0.4, -0.2) is 76.1 Å². The van der Waals surface area contributed by atoms with Crippen LogP contribution >= 0.6 is 11.3 Å². The van der Waals surface area contributed by atoms with Gasteiger partial charge in [0.15, 0.2) is 0 Å². The predicted octanol–water partition coefficient (Wildman–Crippen LogP) is 5.19. The smallest absolute Gasteiger partial charge is 0.260 e. The highest BCUT2D eigenvalue weighted by atomic mass is 32.2. The van der Waals surface area contributed by atoms with Crippen molar-refractivity contribution in [1.29, 1.82) is 0 Å². The number of amides is 1. The van der Waals surface area contributed by atoms with E-state index in [4.69, 9.17) is 9.47 Å². The van der Waals surface area contributed by atoms with Crippen molar-refractivity contribution < 1.29 is 22.7 Å². The molecule has 1 N–H and O–H groups in total. The van der Waals surface area contributed by atoms with Crippen molar-refractivity contribution in [3.8, 4) is 5.75 Å². The number of fused-ring (bicyclic) bond motifs is 2. The highest BCUT2D eigenvalue weighted by molar-refractivity contribution is 7.89. The molecule has 0 saturated carbocycles. The number of anilines is 1. The van der Waals surface area contributed by atoms with Crippen LogP contribution in [0.25, 0.3) is 20.9 Å². The molecular formula is C30H33N3O5S2. The number of thiophene rings is 1. The Balaban J connectivity index is 1.17. The number of sulfonamides is 1. The fraction of sp³-hybridized carbons (Fsp3) is 0.367. The monoisotopic (exact) mass is 579 g/mol. The summed E-state index contributed by atoms with van der Waals surface area (Å²) in [5, 5.41) is 6.54. The van der Waals surface area contributed by atoms with Gasteiger partial charge in [-0.15, -0.1) is 11.3 Å². The molecule has 10 heteroatoms. The predicted molar refractivity (Wildman–Crippen MR) is 159 cm³/mol. The summed E-state index contributed by atoms with van der Waals surface area (Å²) >= 11 is 1.37. The minimum absolute atomic E-state index is 0.256. The van der Waals surface area contributed by atoms with Gasteiger partial charge in [0.25, 0.3) is 5.91 Å². The lowest BCUT2D eigenvalue weighted by molar-refractivity contribution is 0.0368. The minimum atomic E-state index is -3.47. The highest BCUT2D eigenvalue weighted by Gasteiger charge is 2.29. The molecule has 2 aliphatic heterocycles. The second-order valence-electron chi connectivity index (χ2n) is 10.2. The van der Waals surface area contributed by atoms with Gasteiger partial charge in [-0.1, -0.05) is 30.3 Å². The summed E-state index contributed by atoms with van der Waals surface area (Å²) in [5.41, 5.74) is 0.477. The minimum Gasteiger partial charge on any atom is -0.493 e. The van der Waals surface area contributed by atoms with Crippen molar-refractivity contribution in [2.24, 2.45) is 0 Å². The Labute approximate surface area is 238 Å². The van der Waals surface area contributed by atoms with Crippen LogP contribution in [0.15, 0.2) is 65.6 Å². The van der Waals surface area contributed by atoms with Crippen LogP contribution in [0.1, 0.15) is 29.6 Å². The zero-order chi connectivity index (χ0) is 27.5. The van der Waals surface area contributed by atoms with Crippen molar-refractivity contribution in [3.05, 3.63) is 66.2 Å². The molecule has 1 amide bonds. The molecule has 3 heterocycles. The number of hydrogen-bond acceptors (Lipinski definition) is 7. The van der Waals surface area contributed by atoms with Crippen molar-refractivity contribution in [2.75, 3.05) is 57.9 Å². The first-order chi connectivity index (χ1) is 19.5. The van der Waals surface area contributed by atoms with Crippen LogP contribution in [0.4, 0.5) is 5.00 Å². The van der Waals surface area contributed by atoms with E-state index in [0.29, 0.717) is 40.9 Å². The molecule has 1 aromatic heterocycles. The van der Waals surface area contributed by atoms with E-state index in [2.05, 4.69) is 10.2 Å². The lowest BCUT2D eigenvalue weighted by Gasteiger charge is -2.29. The molecule has 210 valence electrons. The second kappa shape index (κ2) is 11.8. The van der Waals surface area contributed by atoms with E-state index in [0.717, 1.165) is 73.0 Å². The molecule has 0 spiro atoms. The molecule has 0 bridgehead atoms. The van der Waals surface area contributed by atoms with Gasteiger partial charge in [0.05, 0.1) is 35.3 Å². The lowest BCUT2D eigenvalue weighted by Crippen LogP contribution is -2.41. The van der Waals surface area contributed by atoms with E-state index in [1.165, 1.54) is 15.6 Å². The molecular weight excluding hydrogens is 546 g/mol. The van der Waals surface area contributed by atoms with E-state index < -0.39 is 10.0 Å². The van der Waals surface area contributed by atoms with E-state index >= 15 is 0 Å². The maximum absolute atomic E-state index is 13.5. The number of rotatable bonds is 10. The molecule has 2 fully saturated rings. The standard InChI is InChI=1S/C30H33N3O5S2/c34-30(31-29-20-24-8-9-25(21-28(24)39-29)40(35,36)33-11-5-12-33)26-18-22-6-1-2-7-23(22)19-27(26)38-15-4-3-10-32-13-16-37-17-14-32/h1-2,6-9,18-21H,3-5,10-17H2,(H,31,34). The highest BCUT2D eigenvalue weighted by Crippen LogP contribution is 2.34. The third-order valence-corrected chi connectivity index (χ3v) is 10.4. The van der Waals surface area contributed by atoms with Gasteiger partial charge in [0.1, 0.15) is 5.75 Å². The number of benzene rings is 3. The number of ether oxygens (including phenoxy) is 2. The molecule has 0 unspecified atom stereocenters. The number of hydrogen-bond donors (Lipinski definition) is 1. The fourth-order valence-electron chi connectivity index (χ4n) is 5.05. The third kappa shape index (κ3) is 5.87. The van der Waals surface area contributed by atoms with Crippen LogP contribution in [0.5, 0.6) is 5.75 Å². The van der Waals surface area contributed by atoms with Gasteiger partial charge in [0.2, 0.25) is 10.0 Å². The Bertz CT molecular complexity index is 1630. The van der Waals surface area contributed by atoms with E-state index in [1.54, 1.807) is 18.2 Å². The van der Waals surface area contributed by atoms with Gasteiger partial charge >= 0.3 is 0 Å². The normalized spacial score (nSPS) is 16.7. The molecule has 0 atom stereocenters. The maximum Gasteiger partial charge on any atom is 0.260 e. The van der Waals surface area contributed by atoms with E-state index in [1.807, 2.05) is 42.5 Å². The number of unbranched alkanes of at least 4 members (excludes halogenated alkanes) is 1. The quantitative estimate of drug-likeness (QED) is 0.260. The first-order valence-electron chi connectivity index (χ1n) is 13.8. The summed E-state index contributed by atoms with van der Waals surface area (Å²) in [4.78, 5) is 16.2. The Morgan fingerprint density at radius 3 is 2.45 bits per heavy atom. The van der Waals surface area contributed by atoms with Gasteiger partial charge in [-0.3, -0.25) is 9.69 Å². The SMILES string of the molecule is O=C(Nc1cc2ccc(S(=O)(=O)N3CCC3)cc2s1)c1cc2ccccc2cc1OCCCCN1CCOCC1. The molecule has 8 nitrogen and oxygen atoms in total. The Morgan fingerprint density at radius 1 is 0.925 bits per heavy atom. The summed E-state index contributed by atoms with van der Waals surface area (Å²) in [5.74, 6) is 0.306. The van der Waals surface area contributed by atoms with Gasteiger partial charge in [-0.05, 0) is 72.3 Å². The summed E-state index contributed by atoms with van der Waals surface area (Å²) in [7, 11) is -3.47. The first-order valence-corrected chi connectivity index (χ1v) is 16.0. The van der Waals surface area contributed by atoms with Crippen LogP contribution in [0, 0.1) is 0 Å². The summed E-state index contributed by atoms with van der Waals surface area (Å²) in [6.45, 7) is 6.22. The van der Waals surface area contributed by atoms with E-state index in [-0.39, 0.29) is 5.91 Å². The molecule has 40 heavy (non-hydrogen) atoms. The number of carbonyl (C=O) groups excluding carboxylic acids is 1. The van der Waals surface area contributed by atoms with Crippen LogP contribution in [0.3, 0.4) is 0 Å². The van der Waals surface area contributed by atoms with Crippen molar-refractivity contribution in [3.63, 3.8) is 0 Å². The number of nitrogens with zero attached hydrogens (tertiary/aromatic N) is 2. The summed E-state index contributed by atoms with van der Waals surface area (Å²) < 4.78 is 39.5. The molecule has 0 aliphatic carbocycles. The van der Waals surface area contributed by atoms with Gasteiger partial charge in [-0.25, -0.2) is 8.42 Å². The van der Waals surface area contributed by atoms with Crippen LogP contribution < -0.4 is 10.1 Å². The zero-order valence-corrected chi connectivity index (χ0v) is 23.9. The molecule has 2 saturated heterocycles. The maximum atomic E-state index is 13.5. The topological polar surface area (TPSA) is 88.2 Å². The van der Waals surface area contributed by atoms with Gasteiger partial charge in [0, 0.05) is 30.9 Å². The lowest BCUT2D eigenvalue weighted by atomic mass is 10.1. The second-order valence-corrected chi connectivity index (χ2v) is 13.2. The van der Waals surface area contributed by atoms with Crippen LogP contribution in [-0.2, 0) is 14.8 Å². The molecule has 6 rings (SSSR count). The zero-order valence-electron chi connectivity index (χ0n) is 22.3. The van der Waals surface area contributed by atoms with Crippen molar-refractivity contribution in [2.45, 2.75) is 24.2 Å². The molecule has 4 aromatic rings. The molecule has 3 aromatic carbocycles. The molecule has 2 aliphatic rings. The first kappa shape index (κ1) is 27.2. The Morgan fingerprint density at radius 2 is 1.70 bits per heavy atom. The largest absolute Gasteiger partial charge is 0.493 e. The average Bonchev–Trinajstić information content (AvgIpc) is 3.33. The Kier molecular flexibility index (Phi) is 8.04. The van der Waals surface area contributed by atoms with Gasteiger partial charge in [-0.2, -0.15) is 4.31 Å². The molecule has 0 radical (unpaired) electrons. The summed E-state index contributed by atoms with van der Waals surface area (Å²) in [6.07, 6.45) is 2.81. The van der Waals surface area contributed by atoms with Crippen molar-refractivity contribution in [1.82, 2.24) is 9.21 Å². The summed E-state index contributed by atoms with van der Waals surface area (Å²) in [6, 6.07) is 18.8. The number of carbonyl (C=O) groups is 1. The van der Waals surface area contributed by atoms with Gasteiger partial charge < -0.3 is 14.8 Å². The Hall–Kier alpha value is -3.02. The number of morpholine rings is 1. The number of nitrogens with one attached hydrogen (secondary N) is 1.